The smallest absolute Gasteiger partial charge is 0.287 e. The van der Waals surface area contributed by atoms with Crippen molar-refractivity contribution in [3.63, 3.8) is 0 Å². The van der Waals surface area contributed by atoms with E-state index < -0.39 is 0 Å². The number of hydrogen-bond donors (Lipinski definition) is 2. The molecule has 0 saturated carbocycles. The average Bonchev–Trinajstić information content (AvgIpc) is 2.23. The predicted molar refractivity (Wildman–Crippen MR) is 63.9 cm³/mol. The lowest BCUT2D eigenvalue weighted by Crippen LogP contribution is -2.21. The second-order valence-corrected chi connectivity index (χ2v) is 4.10. The molecule has 5 nitrogen and oxygen atoms in total. The van der Waals surface area contributed by atoms with E-state index in [1.807, 2.05) is 0 Å². The maximum atomic E-state index is 11.4. The molecule has 1 heterocycles. The number of aryl methyl sites for hydroxylation is 1. The minimum Gasteiger partial charge on any atom is -0.393 e. The third-order valence-corrected chi connectivity index (χ3v) is 2.56. The molecule has 0 radical (unpaired) electrons. The van der Waals surface area contributed by atoms with Crippen molar-refractivity contribution in [2.45, 2.75) is 25.9 Å². The molecular weight excluding hydrogens is 230 g/mol. The van der Waals surface area contributed by atoms with Gasteiger partial charge in [-0.05, 0) is 19.8 Å². The SMILES string of the molecule is CC(O)CCCNc1cnn(C)c(=O)c1Cl. The fraction of sp³-hybridized carbons (Fsp3) is 0.600. The molecule has 1 rings (SSSR count). The zero-order valence-corrected chi connectivity index (χ0v) is 10.2. The van der Waals surface area contributed by atoms with Gasteiger partial charge in [0.2, 0.25) is 0 Å². The van der Waals surface area contributed by atoms with Crippen molar-refractivity contribution in [1.29, 1.82) is 0 Å². The van der Waals surface area contributed by atoms with Crippen LogP contribution in [0.5, 0.6) is 0 Å². The Morgan fingerprint density at radius 1 is 1.69 bits per heavy atom. The van der Waals surface area contributed by atoms with E-state index in [2.05, 4.69) is 10.4 Å². The van der Waals surface area contributed by atoms with Crippen molar-refractivity contribution < 1.29 is 5.11 Å². The molecule has 1 unspecified atom stereocenters. The van der Waals surface area contributed by atoms with Crippen molar-refractivity contribution in [1.82, 2.24) is 9.78 Å². The Balaban J connectivity index is 2.55. The summed E-state index contributed by atoms with van der Waals surface area (Å²) in [6.07, 6.45) is 2.73. The summed E-state index contributed by atoms with van der Waals surface area (Å²) in [6.45, 7) is 2.40. The Morgan fingerprint density at radius 3 is 3.00 bits per heavy atom. The summed E-state index contributed by atoms with van der Waals surface area (Å²) in [7, 11) is 1.55. The molecule has 1 aromatic heterocycles. The number of hydrogen-bond acceptors (Lipinski definition) is 4. The lowest BCUT2D eigenvalue weighted by atomic mass is 10.2. The molecule has 6 heteroatoms. The quantitative estimate of drug-likeness (QED) is 0.760. The molecule has 16 heavy (non-hydrogen) atoms. The largest absolute Gasteiger partial charge is 0.393 e. The van der Waals surface area contributed by atoms with Crippen LogP contribution in [0.2, 0.25) is 5.02 Å². The van der Waals surface area contributed by atoms with Crippen LogP contribution in [0.25, 0.3) is 0 Å². The number of nitrogens with one attached hydrogen (secondary N) is 1. The van der Waals surface area contributed by atoms with E-state index >= 15 is 0 Å². The van der Waals surface area contributed by atoms with Gasteiger partial charge in [0.15, 0.2) is 0 Å². The summed E-state index contributed by atoms with van der Waals surface area (Å²) >= 11 is 5.85. The van der Waals surface area contributed by atoms with Gasteiger partial charge in [-0.3, -0.25) is 4.79 Å². The van der Waals surface area contributed by atoms with Crippen LogP contribution in [0.3, 0.4) is 0 Å². The van der Waals surface area contributed by atoms with Crippen LogP contribution in [-0.2, 0) is 7.05 Å². The molecule has 2 N–H and O–H groups in total. The van der Waals surface area contributed by atoms with Gasteiger partial charge >= 0.3 is 0 Å². The minimum atomic E-state index is -0.317. The maximum absolute atomic E-state index is 11.4. The zero-order chi connectivity index (χ0) is 12.1. The second kappa shape index (κ2) is 5.86. The van der Waals surface area contributed by atoms with E-state index in [9.17, 15) is 4.79 Å². The van der Waals surface area contributed by atoms with E-state index in [-0.39, 0.29) is 16.7 Å². The van der Waals surface area contributed by atoms with Gasteiger partial charge in [-0.2, -0.15) is 5.10 Å². The molecule has 0 fully saturated rings. The summed E-state index contributed by atoms with van der Waals surface area (Å²) in [6, 6.07) is 0. The first kappa shape index (κ1) is 13.0. The van der Waals surface area contributed by atoms with Gasteiger partial charge in [-0.15, -0.1) is 0 Å². The number of rotatable bonds is 5. The van der Waals surface area contributed by atoms with Crippen LogP contribution in [0.15, 0.2) is 11.0 Å². The molecular formula is C10H16ClN3O2. The first-order chi connectivity index (χ1) is 7.52. The lowest BCUT2D eigenvalue weighted by Gasteiger charge is -2.08. The number of aromatic nitrogens is 2. The van der Waals surface area contributed by atoms with Crippen molar-refractivity contribution >= 4 is 17.3 Å². The number of nitrogens with zero attached hydrogens (tertiary/aromatic N) is 2. The van der Waals surface area contributed by atoms with Gasteiger partial charge < -0.3 is 10.4 Å². The molecule has 0 aromatic carbocycles. The molecule has 1 aromatic rings. The first-order valence-electron chi connectivity index (χ1n) is 5.16. The van der Waals surface area contributed by atoms with Crippen LogP contribution in [-0.4, -0.2) is 27.5 Å². The van der Waals surface area contributed by atoms with Gasteiger partial charge in [-0.1, -0.05) is 11.6 Å². The number of aliphatic hydroxyl groups excluding tert-OH is 1. The molecule has 0 amide bonds. The average molecular weight is 246 g/mol. The third-order valence-electron chi connectivity index (χ3n) is 2.19. The Labute approximate surface area is 99.0 Å². The van der Waals surface area contributed by atoms with Gasteiger partial charge in [0.1, 0.15) is 5.02 Å². The fourth-order valence-electron chi connectivity index (χ4n) is 1.25. The summed E-state index contributed by atoms with van der Waals surface area (Å²) in [5.41, 5.74) is 0.220. The summed E-state index contributed by atoms with van der Waals surface area (Å²) in [4.78, 5) is 11.4. The van der Waals surface area contributed by atoms with Crippen LogP contribution < -0.4 is 10.9 Å². The third kappa shape index (κ3) is 3.50. The van der Waals surface area contributed by atoms with Gasteiger partial charge in [0, 0.05) is 13.6 Å². The van der Waals surface area contributed by atoms with Crippen molar-refractivity contribution in [3.8, 4) is 0 Å². The van der Waals surface area contributed by atoms with E-state index in [1.54, 1.807) is 14.0 Å². The molecule has 0 aliphatic rings. The number of halogens is 1. The molecule has 1 atom stereocenters. The second-order valence-electron chi connectivity index (χ2n) is 3.72. The Hall–Kier alpha value is -1.07. The predicted octanol–water partition coefficient (Wildman–Crippen LogP) is 1.01. The number of aliphatic hydroxyl groups is 1. The highest BCUT2D eigenvalue weighted by molar-refractivity contribution is 6.32. The molecule has 0 bridgehead atoms. The van der Waals surface area contributed by atoms with E-state index in [4.69, 9.17) is 16.7 Å². The molecule has 0 spiro atoms. The van der Waals surface area contributed by atoms with Gasteiger partial charge in [0.05, 0.1) is 18.0 Å². The summed E-state index contributed by atoms with van der Waals surface area (Å²) < 4.78 is 1.18. The molecule has 0 saturated heterocycles. The lowest BCUT2D eigenvalue weighted by molar-refractivity contribution is 0.183. The Morgan fingerprint density at radius 2 is 2.38 bits per heavy atom. The standard InChI is InChI=1S/C10H16ClN3O2/c1-7(15)4-3-5-12-8-6-13-14(2)10(16)9(8)11/h6-7,12,15H,3-5H2,1-2H3. The first-order valence-corrected chi connectivity index (χ1v) is 5.54. The normalized spacial score (nSPS) is 12.5. The Bertz CT molecular complexity index is 404. The minimum absolute atomic E-state index is 0.148. The van der Waals surface area contributed by atoms with E-state index in [0.29, 0.717) is 18.7 Å². The highest BCUT2D eigenvalue weighted by atomic mass is 35.5. The zero-order valence-electron chi connectivity index (χ0n) is 9.40. The monoisotopic (exact) mass is 245 g/mol. The van der Waals surface area contributed by atoms with Crippen LogP contribution in [0.4, 0.5) is 5.69 Å². The van der Waals surface area contributed by atoms with E-state index in [1.165, 1.54) is 10.9 Å². The van der Waals surface area contributed by atoms with E-state index in [0.717, 1.165) is 6.42 Å². The van der Waals surface area contributed by atoms with Crippen molar-refractivity contribution in [2.24, 2.45) is 7.05 Å². The highest BCUT2D eigenvalue weighted by Gasteiger charge is 2.06. The molecule has 0 aliphatic carbocycles. The van der Waals surface area contributed by atoms with Crippen LogP contribution >= 0.6 is 11.6 Å². The summed E-state index contributed by atoms with van der Waals surface area (Å²) in [5.74, 6) is 0. The van der Waals surface area contributed by atoms with Crippen LogP contribution in [0.1, 0.15) is 19.8 Å². The Kier molecular flexibility index (Phi) is 4.76. The highest BCUT2D eigenvalue weighted by Crippen LogP contribution is 2.14. The van der Waals surface area contributed by atoms with Gasteiger partial charge in [0.25, 0.3) is 5.56 Å². The van der Waals surface area contributed by atoms with Crippen LogP contribution in [0, 0.1) is 0 Å². The maximum Gasteiger partial charge on any atom is 0.287 e. The topological polar surface area (TPSA) is 67.2 Å². The van der Waals surface area contributed by atoms with Crippen molar-refractivity contribution in [3.05, 3.63) is 21.6 Å². The molecule has 90 valence electrons. The fourth-order valence-corrected chi connectivity index (χ4v) is 1.49. The van der Waals surface area contributed by atoms with Crippen molar-refractivity contribution in [2.75, 3.05) is 11.9 Å². The summed E-state index contributed by atoms with van der Waals surface area (Å²) in [5, 5.41) is 16.1. The number of anilines is 1. The van der Waals surface area contributed by atoms with Gasteiger partial charge in [-0.25, -0.2) is 4.68 Å². The molecule has 0 aliphatic heterocycles.